The average Bonchev–Trinajstić information content (AvgIpc) is 3.27. The molecule has 1 aromatic heterocycles. The smallest absolute Gasteiger partial charge is 0.321 e. The highest BCUT2D eigenvalue weighted by Crippen LogP contribution is 2.23. The summed E-state index contributed by atoms with van der Waals surface area (Å²) in [5, 5.41) is 8.89. The van der Waals surface area contributed by atoms with Gasteiger partial charge in [0.25, 0.3) is 0 Å². The first-order chi connectivity index (χ1) is 15.1. The van der Waals surface area contributed by atoms with Gasteiger partial charge in [-0.2, -0.15) is 0 Å². The van der Waals surface area contributed by atoms with Gasteiger partial charge in [0.05, 0.1) is 12.2 Å². The van der Waals surface area contributed by atoms with E-state index in [1.54, 1.807) is 16.2 Å². The van der Waals surface area contributed by atoms with E-state index in [4.69, 9.17) is 0 Å². The Bertz CT molecular complexity index is 1040. The maximum Gasteiger partial charge on any atom is 0.321 e. The number of nitrogens with zero attached hydrogens (tertiary/aromatic N) is 2. The van der Waals surface area contributed by atoms with E-state index in [-0.39, 0.29) is 17.9 Å². The summed E-state index contributed by atoms with van der Waals surface area (Å²) < 4.78 is 0. The van der Waals surface area contributed by atoms with E-state index in [1.165, 1.54) is 0 Å². The maximum absolute atomic E-state index is 12.6. The van der Waals surface area contributed by atoms with Crippen molar-refractivity contribution in [2.24, 2.45) is 5.92 Å². The van der Waals surface area contributed by atoms with Crippen molar-refractivity contribution in [3.05, 3.63) is 71.2 Å². The first kappa shape index (κ1) is 21.1. The van der Waals surface area contributed by atoms with Crippen molar-refractivity contribution < 1.29 is 9.59 Å². The molecule has 2 aromatic carbocycles. The Labute approximate surface area is 186 Å². The minimum Gasteiger partial charge on any atom is -0.350 e. The number of hydrogen-bond acceptors (Lipinski definition) is 4. The number of urea groups is 1. The third kappa shape index (κ3) is 5.49. The van der Waals surface area contributed by atoms with Gasteiger partial charge < -0.3 is 15.5 Å². The number of hydrogen-bond donors (Lipinski definition) is 2. The lowest BCUT2D eigenvalue weighted by Gasteiger charge is -2.31. The summed E-state index contributed by atoms with van der Waals surface area (Å²) in [6.07, 6.45) is 1.33. The number of amides is 3. The normalized spacial score (nSPS) is 14.3. The summed E-state index contributed by atoms with van der Waals surface area (Å²) in [6, 6.07) is 17.7. The molecule has 31 heavy (non-hydrogen) atoms. The molecule has 1 aliphatic rings. The number of carbonyl (C=O) groups is 2. The Hall–Kier alpha value is -3.19. The molecule has 0 radical (unpaired) electrons. The lowest BCUT2D eigenvalue weighted by atomic mass is 9.96. The van der Waals surface area contributed by atoms with Crippen LogP contribution >= 0.6 is 11.3 Å². The molecule has 6 nitrogen and oxygen atoms in total. The van der Waals surface area contributed by atoms with Crippen molar-refractivity contribution >= 4 is 29.0 Å². The van der Waals surface area contributed by atoms with Crippen LogP contribution in [0.4, 0.5) is 10.5 Å². The average molecular weight is 435 g/mol. The van der Waals surface area contributed by atoms with Crippen molar-refractivity contribution in [1.82, 2.24) is 15.2 Å². The molecule has 0 saturated carbocycles. The predicted molar refractivity (Wildman–Crippen MR) is 124 cm³/mol. The second-order valence-electron chi connectivity index (χ2n) is 7.79. The fourth-order valence-electron chi connectivity index (χ4n) is 3.69. The highest BCUT2D eigenvalue weighted by atomic mass is 32.1. The monoisotopic (exact) mass is 434 g/mol. The summed E-state index contributed by atoms with van der Waals surface area (Å²) in [7, 11) is 0. The molecule has 1 fully saturated rings. The Morgan fingerprint density at radius 2 is 1.87 bits per heavy atom. The minimum atomic E-state index is -0.111. The first-order valence-corrected chi connectivity index (χ1v) is 11.4. The molecule has 1 aliphatic heterocycles. The van der Waals surface area contributed by atoms with E-state index >= 15 is 0 Å². The zero-order valence-electron chi connectivity index (χ0n) is 17.5. The van der Waals surface area contributed by atoms with Crippen LogP contribution in [0.3, 0.4) is 0 Å². The highest BCUT2D eigenvalue weighted by Gasteiger charge is 2.27. The maximum atomic E-state index is 12.6. The quantitative estimate of drug-likeness (QED) is 0.612. The van der Waals surface area contributed by atoms with Crippen molar-refractivity contribution in [3.63, 3.8) is 0 Å². The SMILES string of the molecule is Cc1cccc(NC(=O)N2CCC(C(=O)NCc3csc(-c4ccccc4)n3)CC2)c1. The molecule has 0 unspecified atom stereocenters. The largest absolute Gasteiger partial charge is 0.350 e. The molecule has 2 N–H and O–H groups in total. The van der Waals surface area contributed by atoms with Crippen LogP contribution < -0.4 is 10.6 Å². The lowest BCUT2D eigenvalue weighted by Crippen LogP contribution is -2.44. The van der Waals surface area contributed by atoms with Crippen molar-refractivity contribution in [1.29, 1.82) is 0 Å². The van der Waals surface area contributed by atoms with Gasteiger partial charge in [0, 0.05) is 35.6 Å². The number of benzene rings is 2. The fourth-order valence-corrected chi connectivity index (χ4v) is 4.52. The summed E-state index contributed by atoms with van der Waals surface area (Å²) in [4.78, 5) is 31.5. The second kappa shape index (κ2) is 9.75. The number of anilines is 1. The molecular weight excluding hydrogens is 408 g/mol. The zero-order valence-corrected chi connectivity index (χ0v) is 18.3. The Balaban J connectivity index is 1.23. The van der Waals surface area contributed by atoms with Gasteiger partial charge in [-0.25, -0.2) is 9.78 Å². The number of likely N-dealkylation sites (tertiary alicyclic amines) is 1. The van der Waals surface area contributed by atoms with Crippen LogP contribution in [0, 0.1) is 12.8 Å². The number of aromatic nitrogens is 1. The molecule has 7 heteroatoms. The molecule has 0 bridgehead atoms. The van der Waals surface area contributed by atoms with Crippen LogP contribution in [0.25, 0.3) is 10.6 Å². The lowest BCUT2D eigenvalue weighted by molar-refractivity contribution is -0.126. The number of rotatable bonds is 5. The highest BCUT2D eigenvalue weighted by molar-refractivity contribution is 7.13. The fraction of sp³-hybridized carbons (Fsp3) is 0.292. The van der Waals surface area contributed by atoms with E-state index < -0.39 is 0 Å². The number of carbonyl (C=O) groups excluding carboxylic acids is 2. The topological polar surface area (TPSA) is 74.3 Å². The van der Waals surface area contributed by atoms with Crippen LogP contribution in [0.2, 0.25) is 0 Å². The Morgan fingerprint density at radius 1 is 1.10 bits per heavy atom. The number of thiazole rings is 1. The summed E-state index contributed by atoms with van der Waals surface area (Å²) in [5.74, 6) is -0.0387. The van der Waals surface area contributed by atoms with Gasteiger partial charge in [-0.15, -0.1) is 11.3 Å². The number of nitrogens with one attached hydrogen (secondary N) is 2. The van der Waals surface area contributed by atoms with E-state index in [1.807, 2.05) is 66.9 Å². The summed E-state index contributed by atoms with van der Waals surface area (Å²) in [6.45, 7) is 3.57. The Morgan fingerprint density at radius 3 is 2.61 bits per heavy atom. The number of aryl methyl sites for hydroxylation is 1. The molecule has 3 amide bonds. The summed E-state index contributed by atoms with van der Waals surface area (Å²) in [5.41, 5.74) is 3.85. The minimum absolute atomic E-state index is 0.0352. The van der Waals surface area contributed by atoms with Crippen LogP contribution in [0.1, 0.15) is 24.1 Å². The van der Waals surface area contributed by atoms with Crippen molar-refractivity contribution in [2.75, 3.05) is 18.4 Å². The van der Waals surface area contributed by atoms with Crippen molar-refractivity contribution in [3.8, 4) is 10.6 Å². The van der Waals surface area contributed by atoms with E-state index in [0.717, 1.165) is 27.5 Å². The zero-order chi connectivity index (χ0) is 21.6. The van der Waals surface area contributed by atoms with E-state index in [0.29, 0.717) is 32.5 Å². The van der Waals surface area contributed by atoms with Crippen molar-refractivity contribution in [2.45, 2.75) is 26.3 Å². The predicted octanol–water partition coefficient (Wildman–Crippen LogP) is 4.68. The molecule has 1 saturated heterocycles. The third-order valence-corrected chi connectivity index (χ3v) is 6.38. The third-order valence-electron chi connectivity index (χ3n) is 5.44. The van der Waals surface area contributed by atoms with E-state index in [9.17, 15) is 9.59 Å². The molecule has 0 atom stereocenters. The van der Waals surface area contributed by atoms with E-state index in [2.05, 4.69) is 15.6 Å². The van der Waals surface area contributed by atoms with Gasteiger partial charge in [0.2, 0.25) is 5.91 Å². The molecule has 0 aliphatic carbocycles. The van der Waals surface area contributed by atoms with Gasteiger partial charge >= 0.3 is 6.03 Å². The van der Waals surface area contributed by atoms with Gasteiger partial charge in [-0.1, -0.05) is 42.5 Å². The summed E-state index contributed by atoms with van der Waals surface area (Å²) >= 11 is 1.58. The second-order valence-corrected chi connectivity index (χ2v) is 8.65. The molecular formula is C24H26N4O2S. The molecule has 3 aromatic rings. The first-order valence-electron chi connectivity index (χ1n) is 10.5. The molecule has 2 heterocycles. The van der Waals surface area contributed by atoms with Gasteiger partial charge in [-0.3, -0.25) is 4.79 Å². The van der Waals surface area contributed by atoms with Gasteiger partial charge in [0.15, 0.2) is 0 Å². The van der Waals surface area contributed by atoms with Gasteiger partial charge in [0.1, 0.15) is 5.01 Å². The molecule has 0 spiro atoms. The van der Waals surface area contributed by atoms with Gasteiger partial charge in [-0.05, 0) is 37.5 Å². The van der Waals surface area contributed by atoms with Crippen LogP contribution in [-0.2, 0) is 11.3 Å². The molecule has 4 rings (SSSR count). The standard InChI is InChI=1S/C24H26N4O2S/c1-17-6-5-9-20(14-17)27-24(30)28-12-10-18(11-13-28)22(29)25-15-21-16-31-23(26-21)19-7-3-2-4-8-19/h2-9,14,16,18H,10-13,15H2,1H3,(H,25,29)(H,27,30). The molecule has 160 valence electrons. The van der Waals surface area contributed by atoms with Crippen LogP contribution in [-0.4, -0.2) is 34.9 Å². The Kier molecular flexibility index (Phi) is 6.62. The van der Waals surface area contributed by atoms with Crippen LogP contribution in [0.15, 0.2) is 60.0 Å². The van der Waals surface area contributed by atoms with Crippen LogP contribution in [0.5, 0.6) is 0 Å². The number of piperidine rings is 1.